The second-order valence-electron chi connectivity index (χ2n) is 3.74. The predicted molar refractivity (Wildman–Crippen MR) is 61.0 cm³/mol. The Bertz CT molecular complexity index is 560. The van der Waals surface area contributed by atoms with Gasteiger partial charge < -0.3 is 9.88 Å². The summed E-state index contributed by atoms with van der Waals surface area (Å²) in [4.78, 5) is 8.06. The van der Waals surface area contributed by atoms with E-state index in [-0.39, 0.29) is 11.5 Å². The van der Waals surface area contributed by atoms with Gasteiger partial charge in [0.05, 0.1) is 5.56 Å². The number of nitrogens with zero attached hydrogens (tertiary/aromatic N) is 3. The van der Waals surface area contributed by atoms with Gasteiger partial charge in [0.1, 0.15) is 11.5 Å². The van der Waals surface area contributed by atoms with Crippen molar-refractivity contribution in [3.05, 3.63) is 30.1 Å². The fourth-order valence-electron chi connectivity index (χ4n) is 1.55. The number of aryl methyl sites for hydroxylation is 1. The third kappa shape index (κ3) is 2.29. The fourth-order valence-corrected chi connectivity index (χ4v) is 1.55. The molecule has 0 aromatic carbocycles. The van der Waals surface area contributed by atoms with E-state index in [1.54, 1.807) is 17.8 Å². The Hall–Kier alpha value is -2.05. The van der Waals surface area contributed by atoms with E-state index in [1.807, 2.05) is 0 Å². The van der Waals surface area contributed by atoms with Crippen LogP contribution >= 0.6 is 0 Å². The number of alkyl halides is 3. The lowest BCUT2D eigenvalue weighted by molar-refractivity contribution is -0.137. The maximum absolute atomic E-state index is 12.7. The minimum Gasteiger partial charge on any atom is -0.373 e. The Morgan fingerprint density at radius 2 is 2.00 bits per heavy atom. The molecule has 0 saturated heterocycles. The Labute approximate surface area is 101 Å². The summed E-state index contributed by atoms with van der Waals surface area (Å²) in [5, 5.41) is 2.61. The first kappa shape index (κ1) is 12.4. The first-order valence-corrected chi connectivity index (χ1v) is 5.16. The van der Waals surface area contributed by atoms with Crippen LogP contribution < -0.4 is 5.32 Å². The molecule has 0 saturated carbocycles. The standard InChI is InChI=1S/C11H11F3N4/c1-15-9-6-7(11(12,13)14)5-8(17-9)10-16-3-4-18(10)2/h3-6H,1-2H3,(H,15,17). The minimum absolute atomic E-state index is 0.155. The molecule has 2 aromatic rings. The molecule has 7 heteroatoms. The molecule has 0 amide bonds. The average Bonchev–Trinajstić information content (AvgIpc) is 2.73. The summed E-state index contributed by atoms with van der Waals surface area (Å²) in [7, 11) is 3.22. The minimum atomic E-state index is -4.41. The molecule has 0 bridgehead atoms. The molecule has 0 unspecified atom stereocenters. The molecule has 18 heavy (non-hydrogen) atoms. The number of halogens is 3. The van der Waals surface area contributed by atoms with Gasteiger partial charge >= 0.3 is 6.18 Å². The van der Waals surface area contributed by atoms with E-state index in [9.17, 15) is 13.2 Å². The largest absolute Gasteiger partial charge is 0.416 e. The topological polar surface area (TPSA) is 42.7 Å². The van der Waals surface area contributed by atoms with Crippen molar-refractivity contribution >= 4 is 5.82 Å². The molecule has 1 N–H and O–H groups in total. The Kier molecular flexibility index (Phi) is 2.98. The SMILES string of the molecule is CNc1cc(C(F)(F)F)cc(-c2nccn2C)n1. The molecule has 2 heterocycles. The third-order valence-corrected chi connectivity index (χ3v) is 2.46. The number of anilines is 1. The van der Waals surface area contributed by atoms with Crippen molar-refractivity contribution in [2.45, 2.75) is 6.18 Å². The summed E-state index contributed by atoms with van der Waals surface area (Å²) < 4.78 is 39.8. The second-order valence-corrected chi connectivity index (χ2v) is 3.74. The zero-order valence-electron chi connectivity index (χ0n) is 9.78. The number of rotatable bonds is 2. The predicted octanol–water partition coefficient (Wildman–Crippen LogP) is 2.54. The van der Waals surface area contributed by atoms with Gasteiger partial charge in [-0.1, -0.05) is 0 Å². The molecule has 4 nitrogen and oxygen atoms in total. The van der Waals surface area contributed by atoms with Gasteiger partial charge in [-0.05, 0) is 12.1 Å². The number of hydrogen-bond donors (Lipinski definition) is 1. The zero-order valence-corrected chi connectivity index (χ0v) is 9.78. The molecule has 0 atom stereocenters. The van der Waals surface area contributed by atoms with Gasteiger partial charge in [0, 0.05) is 26.5 Å². The van der Waals surface area contributed by atoms with Gasteiger partial charge in [-0.25, -0.2) is 9.97 Å². The van der Waals surface area contributed by atoms with Gasteiger partial charge in [-0.3, -0.25) is 0 Å². The lowest BCUT2D eigenvalue weighted by atomic mass is 10.2. The van der Waals surface area contributed by atoms with E-state index in [0.717, 1.165) is 12.1 Å². The van der Waals surface area contributed by atoms with Crippen molar-refractivity contribution in [2.75, 3.05) is 12.4 Å². The number of nitrogens with one attached hydrogen (secondary N) is 1. The third-order valence-electron chi connectivity index (χ3n) is 2.46. The van der Waals surface area contributed by atoms with Crippen molar-refractivity contribution in [1.29, 1.82) is 0 Å². The van der Waals surface area contributed by atoms with E-state index < -0.39 is 11.7 Å². The normalized spacial score (nSPS) is 11.6. The summed E-state index contributed by atoms with van der Waals surface area (Å²) in [6, 6.07) is 1.95. The van der Waals surface area contributed by atoms with E-state index in [1.165, 1.54) is 13.2 Å². The smallest absolute Gasteiger partial charge is 0.373 e. The van der Waals surface area contributed by atoms with Crippen LogP contribution in [0.25, 0.3) is 11.5 Å². The van der Waals surface area contributed by atoms with Gasteiger partial charge in [0.2, 0.25) is 0 Å². The van der Waals surface area contributed by atoms with Crippen molar-refractivity contribution in [1.82, 2.24) is 14.5 Å². The highest BCUT2D eigenvalue weighted by molar-refractivity contribution is 5.56. The second kappa shape index (κ2) is 4.32. The lowest BCUT2D eigenvalue weighted by Crippen LogP contribution is -2.08. The molecule has 2 aromatic heterocycles. The first-order valence-electron chi connectivity index (χ1n) is 5.16. The molecule has 0 fully saturated rings. The zero-order chi connectivity index (χ0) is 13.3. The molecule has 96 valence electrons. The van der Waals surface area contributed by atoms with E-state index in [2.05, 4.69) is 15.3 Å². The Morgan fingerprint density at radius 3 is 2.50 bits per heavy atom. The van der Waals surface area contributed by atoms with Crippen LogP contribution in [0.3, 0.4) is 0 Å². The van der Waals surface area contributed by atoms with Gasteiger partial charge in [-0.2, -0.15) is 13.2 Å². The fraction of sp³-hybridized carbons (Fsp3) is 0.273. The van der Waals surface area contributed by atoms with Gasteiger partial charge in [-0.15, -0.1) is 0 Å². The highest BCUT2D eigenvalue weighted by Gasteiger charge is 2.32. The van der Waals surface area contributed by atoms with Crippen LogP contribution in [0.1, 0.15) is 5.56 Å². The number of hydrogen-bond acceptors (Lipinski definition) is 3. The van der Waals surface area contributed by atoms with Gasteiger partial charge in [0.15, 0.2) is 5.82 Å². The number of pyridine rings is 1. The first-order chi connectivity index (χ1) is 8.41. The Balaban J connectivity index is 2.58. The number of aromatic nitrogens is 3. The lowest BCUT2D eigenvalue weighted by Gasteiger charge is -2.11. The van der Waals surface area contributed by atoms with Crippen molar-refractivity contribution in [3.63, 3.8) is 0 Å². The van der Waals surface area contributed by atoms with Crippen molar-refractivity contribution in [3.8, 4) is 11.5 Å². The molecule has 0 aliphatic rings. The molecular weight excluding hydrogens is 245 g/mol. The van der Waals surface area contributed by atoms with E-state index in [4.69, 9.17) is 0 Å². The molecule has 0 spiro atoms. The van der Waals surface area contributed by atoms with Crippen molar-refractivity contribution < 1.29 is 13.2 Å². The highest BCUT2D eigenvalue weighted by Crippen LogP contribution is 2.32. The van der Waals surface area contributed by atoms with Crippen molar-refractivity contribution in [2.24, 2.45) is 7.05 Å². The Morgan fingerprint density at radius 1 is 1.28 bits per heavy atom. The maximum atomic E-state index is 12.7. The monoisotopic (exact) mass is 256 g/mol. The summed E-state index contributed by atoms with van der Waals surface area (Å²) in [6.07, 6.45) is -1.25. The summed E-state index contributed by atoms with van der Waals surface area (Å²) in [5.74, 6) is 0.542. The molecule has 0 aliphatic carbocycles. The highest BCUT2D eigenvalue weighted by atomic mass is 19.4. The van der Waals surface area contributed by atoms with E-state index in [0.29, 0.717) is 5.82 Å². The van der Waals surface area contributed by atoms with Crippen LogP contribution in [0.2, 0.25) is 0 Å². The summed E-state index contributed by atoms with van der Waals surface area (Å²) in [5.41, 5.74) is -0.568. The van der Waals surface area contributed by atoms with E-state index >= 15 is 0 Å². The average molecular weight is 256 g/mol. The van der Waals surface area contributed by atoms with Crippen LogP contribution in [-0.2, 0) is 13.2 Å². The quantitative estimate of drug-likeness (QED) is 0.897. The molecule has 0 aliphatic heterocycles. The van der Waals surface area contributed by atoms with Crippen LogP contribution in [0.4, 0.5) is 19.0 Å². The van der Waals surface area contributed by atoms with Gasteiger partial charge in [0.25, 0.3) is 0 Å². The maximum Gasteiger partial charge on any atom is 0.416 e. The van der Waals surface area contributed by atoms with Crippen LogP contribution in [0.15, 0.2) is 24.5 Å². The molecule has 2 rings (SSSR count). The summed E-state index contributed by atoms with van der Waals surface area (Å²) in [6.45, 7) is 0. The number of imidazole rings is 1. The van der Waals surface area contributed by atoms with Crippen LogP contribution in [0.5, 0.6) is 0 Å². The molecular formula is C11H11F3N4. The van der Waals surface area contributed by atoms with Crippen LogP contribution in [0, 0.1) is 0 Å². The van der Waals surface area contributed by atoms with Crippen LogP contribution in [-0.4, -0.2) is 21.6 Å². The molecule has 0 radical (unpaired) electrons. The summed E-state index contributed by atoms with van der Waals surface area (Å²) >= 11 is 0.